The summed E-state index contributed by atoms with van der Waals surface area (Å²) in [6.45, 7) is 0.244. The molecule has 1 aliphatic rings. The van der Waals surface area contributed by atoms with Gasteiger partial charge in [0.2, 0.25) is 0 Å². The second-order valence-electron chi connectivity index (χ2n) is 7.67. The number of furan rings is 1. The molecule has 1 aliphatic heterocycles. The van der Waals surface area contributed by atoms with Gasteiger partial charge in [-0.05, 0) is 54.4 Å². The third kappa shape index (κ3) is 4.22. The molecule has 4 rings (SSSR count). The maximum Gasteiger partial charge on any atom is 0.295 e. The zero-order valence-corrected chi connectivity index (χ0v) is 19.1. The monoisotopic (exact) mass is 463 g/mol. The topological polar surface area (TPSA) is 98.4 Å². The van der Waals surface area contributed by atoms with Crippen LogP contribution in [0.5, 0.6) is 17.2 Å². The van der Waals surface area contributed by atoms with E-state index in [0.29, 0.717) is 23.7 Å². The normalized spacial score (nSPS) is 17.1. The van der Waals surface area contributed by atoms with E-state index in [9.17, 15) is 14.7 Å². The van der Waals surface area contributed by atoms with Crippen LogP contribution in [0.1, 0.15) is 22.9 Å². The van der Waals surface area contributed by atoms with Gasteiger partial charge in [-0.3, -0.25) is 9.59 Å². The van der Waals surface area contributed by atoms with Crippen molar-refractivity contribution < 1.29 is 33.3 Å². The highest BCUT2D eigenvalue weighted by Gasteiger charge is 2.47. The maximum absolute atomic E-state index is 13.1. The molecule has 1 amide bonds. The van der Waals surface area contributed by atoms with Crippen LogP contribution in [0.15, 0.2) is 70.9 Å². The highest BCUT2D eigenvalue weighted by atomic mass is 16.5. The summed E-state index contributed by atoms with van der Waals surface area (Å²) in [4.78, 5) is 27.6. The first-order valence-corrected chi connectivity index (χ1v) is 10.7. The molecule has 1 atom stereocenters. The van der Waals surface area contributed by atoms with Gasteiger partial charge in [0.05, 0.1) is 38.7 Å². The van der Waals surface area contributed by atoms with Crippen LogP contribution in [0, 0.1) is 0 Å². The van der Waals surface area contributed by atoms with Crippen LogP contribution in [0.4, 0.5) is 0 Å². The van der Waals surface area contributed by atoms with Crippen molar-refractivity contribution in [2.24, 2.45) is 0 Å². The summed E-state index contributed by atoms with van der Waals surface area (Å²) in [5.41, 5.74) is 1.14. The van der Waals surface area contributed by atoms with Crippen LogP contribution >= 0.6 is 0 Å². The van der Waals surface area contributed by atoms with Gasteiger partial charge in [0, 0.05) is 6.54 Å². The van der Waals surface area contributed by atoms with Gasteiger partial charge in [0.25, 0.3) is 11.7 Å². The molecule has 3 aromatic rings. The van der Waals surface area contributed by atoms with Crippen molar-refractivity contribution in [3.8, 4) is 17.2 Å². The lowest BCUT2D eigenvalue weighted by Gasteiger charge is -2.23. The minimum Gasteiger partial charge on any atom is -0.507 e. The Labute approximate surface area is 197 Å². The lowest BCUT2D eigenvalue weighted by Crippen LogP contribution is -2.31. The Morgan fingerprint density at radius 1 is 0.971 bits per heavy atom. The Morgan fingerprint density at radius 3 is 2.29 bits per heavy atom. The van der Waals surface area contributed by atoms with Crippen LogP contribution in [-0.2, 0) is 16.0 Å². The highest BCUT2D eigenvalue weighted by molar-refractivity contribution is 6.46. The number of amides is 1. The molecule has 8 heteroatoms. The minimum absolute atomic E-state index is 0.0683. The molecule has 1 aromatic heterocycles. The molecule has 176 valence electrons. The summed E-state index contributed by atoms with van der Waals surface area (Å²) in [5.74, 6) is 0.0372. The minimum atomic E-state index is -0.885. The number of hydrogen-bond acceptors (Lipinski definition) is 7. The Hall–Kier alpha value is -4.20. The number of carbonyl (C=O) groups excluding carboxylic acids is 2. The zero-order valence-electron chi connectivity index (χ0n) is 19.1. The molecule has 1 saturated heterocycles. The quantitative estimate of drug-likeness (QED) is 0.307. The third-order valence-electron chi connectivity index (χ3n) is 5.81. The number of Topliss-reactive ketones (excluding diaryl/α,β-unsaturated/α-hetero) is 1. The van der Waals surface area contributed by atoms with Gasteiger partial charge in [-0.25, -0.2) is 0 Å². The number of ketones is 1. The molecular formula is C26H25NO7. The van der Waals surface area contributed by atoms with Gasteiger partial charge >= 0.3 is 0 Å². The van der Waals surface area contributed by atoms with E-state index in [-0.39, 0.29) is 23.4 Å². The second kappa shape index (κ2) is 9.74. The molecule has 1 N–H and O–H groups in total. The fourth-order valence-electron chi connectivity index (χ4n) is 4.04. The lowest BCUT2D eigenvalue weighted by atomic mass is 9.98. The van der Waals surface area contributed by atoms with Gasteiger partial charge in [-0.1, -0.05) is 12.1 Å². The molecule has 2 heterocycles. The lowest BCUT2D eigenvalue weighted by molar-refractivity contribution is -0.140. The molecule has 8 nitrogen and oxygen atoms in total. The molecule has 1 fully saturated rings. The Balaban J connectivity index is 1.75. The van der Waals surface area contributed by atoms with Gasteiger partial charge in [-0.2, -0.15) is 0 Å². The summed E-state index contributed by atoms with van der Waals surface area (Å²) < 4.78 is 21.4. The predicted octanol–water partition coefficient (Wildman–Crippen LogP) is 3.97. The number of aliphatic hydroxyl groups excluding tert-OH is 1. The molecule has 0 radical (unpaired) electrons. The van der Waals surface area contributed by atoms with Gasteiger partial charge in [-0.15, -0.1) is 0 Å². The van der Waals surface area contributed by atoms with Gasteiger partial charge in [0.1, 0.15) is 34.8 Å². The average molecular weight is 463 g/mol. The number of rotatable bonds is 8. The third-order valence-corrected chi connectivity index (χ3v) is 5.81. The van der Waals surface area contributed by atoms with Crippen molar-refractivity contribution in [3.63, 3.8) is 0 Å². The van der Waals surface area contributed by atoms with Crippen molar-refractivity contribution in [2.75, 3.05) is 27.9 Å². The molecule has 0 aliphatic carbocycles. The number of nitrogens with zero attached hydrogens (tertiary/aromatic N) is 1. The molecule has 0 bridgehead atoms. The number of ether oxygens (including phenoxy) is 3. The standard InChI is InChI=1S/C26H25NO7/c1-31-17-8-6-16(7-9-17)12-13-27-23(21-5-4-14-34-21)22(25(29)26(27)30)24(28)19-15-18(32-2)10-11-20(19)33-3/h4-11,14-15,23,28H,12-13H2,1-3H3/b24-22-. The number of likely N-dealkylation sites (tertiary alicyclic amines) is 1. The summed E-state index contributed by atoms with van der Waals surface area (Å²) in [7, 11) is 4.54. The number of benzene rings is 2. The van der Waals surface area contributed by atoms with E-state index < -0.39 is 17.7 Å². The first-order chi connectivity index (χ1) is 16.5. The summed E-state index contributed by atoms with van der Waals surface area (Å²) in [5, 5.41) is 11.3. The summed E-state index contributed by atoms with van der Waals surface area (Å²) in [6.07, 6.45) is 1.96. The van der Waals surface area contributed by atoms with Crippen LogP contribution in [0.2, 0.25) is 0 Å². The van der Waals surface area contributed by atoms with Crippen molar-refractivity contribution in [1.82, 2.24) is 4.90 Å². The molecule has 1 unspecified atom stereocenters. The molecule has 0 saturated carbocycles. The van der Waals surface area contributed by atoms with Gasteiger partial charge in [0.15, 0.2) is 0 Å². The predicted molar refractivity (Wildman–Crippen MR) is 124 cm³/mol. The molecule has 34 heavy (non-hydrogen) atoms. The maximum atomic E-state index is 13.1. The Morgan fingerprint density at radius 2 is 1.68 bits per heavy atom. The van der Waals surface area contributed by atoms with E-state index in [4.69, 9.17) is 18.6 Å². The number of methoxy groups -OCH3 is 3. The average Bonchev–Trinajstić information content (AvgIpc) is 3.49. The van der Waals surface area contributed by atoms with Crippen LogP contribution in [-0.4, -0.2) is 49.6 Å². The van der Waals surface area contributed by atoms with Crippen molar-refractivity contribution in [1.29, 1.82) is 0 Å². The second-order valence-corrected chi connectivity index (χ2v) is 7.67. The van der Waals surface area contributed by atoms with Crippen LogP contribution < -0.4 is 14.2 Å². The van der Waals surface area contributed by atoms with E-state index in [1.54, 1.807) is 37.4 Å². The summed E-state index contributed by atoms with van der Waals surface area (Å²) in [6, 6.07) is 14.8. The van der Waals surface area contributed by atoms with Crippen molar-refractivity contribution >= 4 is 17.4 Å². The smallest absolute Gasteiger partial charge is 0.295 e. The number of aliphatic hydroxyl groups is 1. The zero-order chi connectivity index (χ0) is 24.2. The fraction of sp³-hybridized carbons (Fsp3) is 0.231. The van der Waals surface area contributed by atoms with E-state index >= 15 is 0 Å². The van der Waals surface area contributed by atoms with Crippen LogP contribution in [0.3, 0.4) is 0 Å². The van der Waals surface area contributed by atoms with E-state index in [0.717, 1.165) is 11.3 Å². The first kappa shape index (κ1) is 23.0. The Bertz CT molecular complexity index is 1210. The molecule has 0 spiro atoms. The SMILES string of the molecule is COc1ccc(CCN2C(=O)C(=O)/C(=C(\O)c3cc(OC)ccc3OC)C2c2ccco2)cc1. The Kier molecular flexibility index (Phi) is 6.58. The number of hydrogen-bond donors (Lipinski definition) is 1. The van der Waals surface area contributed by atoms with E-state index in [1.165, 1.54) is 25.4 Å². The molecule has 2 aromatic carbocycles. The van der Waals surface area contributed by atoms with Crippen LogP contribution in [0.25, 0.3) is 5.76 Å². The van der Waals surface area contributed by atoms with Gasteiger partial charge < -0.3 is 28.6 Å². The molecular weight excluding hydrogens is 438 g/mol. The first-order valence-electron chi connectivity index (χ1n) is 10.7. The highest BCUT2D eigenvalue weighted by Crippen LogP contribution is 2.41. The fourth-order valence-corrected chi connectivity index (χ4v) is 4.04. The number of carbonyl (C=O) groups is 2. The van der Waals surface area contributed by atoms with E-state index in [2.05, 4.69) is 0 Å². The van der Waals surface area contributed by atoms with Crippen molar-refractivity contribution in [3.05, 3.63) is 83.3 Å². The van der Waals surface area contributed by atoms with E-state index in [1.807, 2.05) is 24.3 Å². The largest absolute Gasteiger partial charge is 0.507 e. The van der Waals surface area contributed by atoms with Crippen molar-refractivity contribution in [2.45, 2.75) is 12.5 Å². The summed E-state index contributed by atoms with van der Waals surface area (Å²) >= 11 is 0.